The van der Waals surface area contributed by atoms with Crippen molar-refractivity contribution >= 4 is 28.5 Å². The molecule has 0 saturated carbocycles. The molecule has 8 heteroatoms. The molecule has 1 aliphatic rings. The Hall–Kier alpha value is -3.00. The first kappa shape index (κ1) is 20.7. The molecule has 1 atom stereocenters. The lowest BCUT2D eigenvalue weighted by molar-refractivity contribution is -0.137. The minimum Gasteiger partial charge on any atom is -0.383 e. The van der Waals surface area contributed by atoms with Crippen LogP contribution in [-0.4, -0.2) is 25.7 Å². The number of anilines is 3. The van der Waals surface area contributed by atoms with Crippen LogP contribution in [-0.2, 0) is 15.7 Å². The Morgan fingerprint density at radius 2 is 2.00 bits per heavy atom. The van der Waals surface area contributed by atoms with Gasteiger partial charge in [0.15, 0.2) is 0 Å². The molecule has 1 aliphatic heterocycles. The van der Waals surface area contributed by atoms with Gasteiger partial charge in [0.1, 0.15) is 0 Å². The highest BCUT2D eigenvalue weighted by Gasteiger charge is 2.34. The van der Waals surface area contributed by atoms with Crippen LogP contribution in [0.15, 0.2) is 42.6 Å². The van der Waals surface area contributed by atoms with Crippen molar-refractivity contribution < 1.29 is 22.7 Å². The van der Waals surface area contributed by atoms with E-state index in [9.17, 15) is 18.0 Å². The van der Waals surface area contributed by atoms with Crippen molar-refractivity contribution in [2.75, 3.05) is 29.7 Å². The number of carbonyl (C=O) groups excluding carboxylic acids is 1. The standard InChI is InChI=1S/C21H22F3N3O2/c1-12-5-4-6-18-19(12)15(20(28)27-18)10-25-14-7-8-17(26-13(2)11-29-3)16(9-14)21(22,23)24/h4-10,13,25-26H,11H2,1-3H3,(H,27,28). The molecule has 0 spiro atoms. The van der Waals surface area contributed by atoms with Crippen LogP contribution in [0.25, 0.3) is 5.57 Å². The molecule has 1 heterocycles. The topological polar surface area (TPSA) is 62.4 Å². The summed E-state index contributed by atoms with van der Waals surface area (Å²) in [5.74, 6) is -0.301. The van der Waals surface area contributed by atoms with E-state index >= 15 is 0 Å². The van der Waals surface area contributed by atoms with Crippen LogP contribution >= 0.6 is 0 Å². The molecule has 0 saturated heterocycles. The fourth-order valence-electron chi connectivity index (χ4n) is 3.28. The summed E-state index contributed by atoms with van der Waals surface area (Å²) >= 11 is 0. The van der Waals surface area contributed by atoms with E-state index in [-0.39, 0.29) is 29.9 Å². The molecule has 0 bridgehead atoms. The maximum Gasteiger partial charge on any atom is 0.418 e. The summed E-state index contributed by atoms with van der Waals surface area (Å²) in [6.45, 7) is 3.88. The second kappa shape index (κ2) is 8.16. The van der Waals surface area contributed by atoms with Crippen LogP contribution in [0.2, 0.25) is 0 Å². The predicted molar refractivity (Wildman–Crippen MR) is 108 cm³/mol. The zero-order valence-electron chi connectivity index (χ0n) is 16.3. The van der Waals surface area contributed by atoms with Gasteiger partial charge in [-0.05, 0) is 43.7 Å². The molecule has 0 aliphatic carbocycles. The largest absolute Gasteiger partial charge is 0.418 e. The molecule has 1 amide bonds. The monoisotopic (exact) mass is 405 g/mol. The van der Waals surface area contributed by atoms with Crippen LogP contribution in [0, 0.1) is 6.92 Å². The number of ether oxygens (including phenoxy) is 1. The SMILES string of the molecule is COCC(C)Nc1ccc(NC=C2C(=O)Nc3cccc(C)c32)cc1C(F)(F)F. The third kappa shape index (κ3) is 4.54. The number of carbonyl (C=O) groups is 1. The van der Waals surface area contributed by atoms with Gasteiger partial charge in [-0.15, -0.1) is 0 Å². The first-order chi connectivity index (χ1) is 13.7. The number of halogens is 3. The highest BCUT2D eigenvalue weighted by atomic mass is 19.4. The molecule has 2 aromatic rings. The Bertz CT molecular complexity index is 955. The number of hydrogen-bond acceptors (Lipinski definition) is 4. The lowest BCUT2D eigenvalue weighted by Crippen LogP contribution is -2.23. The second-order valence-electron chi connectivity index (χ2n) is 6.91. The van der Waals surface area contributed by atoms with E-state index in [1.165, 1.54) is 25.4 Å². The van der Waals surface area contributed by atoms with Gasteiger partial charge in [0, 0.05) is 42.0 Å². The summed E-state index contributed by atoms with van der Waals surface area (Å²) in [7, 11) is 1.49. The number of amides is 1. The highest BCUT2D eigenvalue weighted by molar-refractivity contribution is 6.32. The van der Waals surface area contributed by atoms with Crippen LogP contribution < -0.4 is 16.0 Å². The van der Waals surface area contributed by atoms with E-state index in [1.54, 1.807) is 13.0 Å². The Labute approximate surface area is 166 Å². The van der Waals surface area contributed by atoms with Gasteiger partial charge in [-0.2, -0.15) is 13.2 Å². The zero-order valence-corrected chi connectivity index (χ0v) is 16.3. The molecule has 3 rings (SSSR count). The first-order valence-corrected chi connectivity index (χ1v) is 9.05. The average Bonchev–Trinajstić information content (AvgIpc) is 2.96. The van der Waals surface area contributed by atoms with Crippen molar-refractivity contribution in [3.63, 3.8) is 0 Å². The normalized spacial score (nSPS) is 15.8. The van der Waals surface area contributed by atoms with Gasteiger partial charge in [0.25, 0.3) is 5.91 Å². The van der Waals surface area contributed by atoms with Crippen LogP contribution in [0.1, 0.15) is 23.6 Å². The number of rotatable bonds is 6. The maximum absolute atomic E-state index is 13.5. The van der Waals surface area contributed by atoms with Crippen molar-refractivity contribution in [3.05, 3.63) is 59.3 Å². The molecule has 5 nitrogen and oxygen atoms in total. The molecule has 1 unspecified atom stereocenters. The molecule has 3 N–H and O–H groups in total. The van der Waals surface area contributed by atoms with E-state index in [0.29, 0.717) is 11.3 Å². The zero-order chi connectivity index (χ0) is 21.2. The molecule has 154 valence electrons. The summed E-state index contributed by atoms with van der Waals surface area (Å²) in [5.41, 5.74) is 2.11. The molecule has 0 fully saturated rings. The molecular formula is C21H22F3N3O2. The van der Waals surface area contributed by atoms with Gasteiger partial charge < -0.3 is 20.7 Å². The number of nitrogens with one attached hydrogen (secondary N) is 3. The smallest absolute Gasteiger partial charge is 0.383 e. The van der Waals surface area contributed by atoms with E-state index in [2.05, 4.69) is 16.0 Å². The minimum atomic E-state index is -4.53. The third-order valence-electron chi connectivity index (χ3n) is 4.56. The summed E-state index contributed by atoms with van der Waals surface area (Å²) < 4.78 is 45.6. The van der Waals surface area contributed by atoms with Crippen LogP contribution in [0.5, 0.6) is 0 Å². The molecule has 0 radical (unpaired) electrons. The lowest BCUT2D eigenvalue weighted by Gasteiger charge is -2.20. The Morgan fingerprint density at radius 3 is 2.69 bits per heavy atom. The summed E-state index contributed by atoms with van der Waals surface area (Å²) in [4.78, 5) is 12.2. The number of benzene rings is 2. The van der Waals surface area contributed by atoms with Gasteiger partial charge in [-0.1, -0.05) is 12.1 Å². The van der Waals surface area contributed by atoms with Crippen molar-refractivity contribution in [1.29, 1.82) is 0 Å². The quantitative estimate of drug-likeness (QED) is 0.601. The maximum atomic E-state index is 13.5. The fourth-order valence-corrected chi connectivity index (χ4v) is 3.28. The number of methoxy groups -OCH3 is 1. The second-order valence-corrected chi connectivity index (χ2v) is 6.91. The summed E-state index contributed by atoms with van der Waals surface area (Å²) in [6, 6.07) is 9.11. The van der Waals surface area contributed by atoms with Crippen molar-refractivity contribution in [2.45, 2.75) is 26.1 Å². The van der Waals surface area contributed by atoms with E-state index < -0.39 is 11.7 Å². The van der Waals surface area contributed by atoms with Crippen LogP contribution in [0.3, 0.4) is 0 Å². The van der Waals surface area contributed by atoms with Gasteiger partial charge in [0.05, 0.1) is 17.7 Å². The van der Waals surface area contributed by atoms with E-state index in [1.807, 2.05) is 19.1 Å². The van der Waals surface area contributed by atoms with Crippen LogP contribution in [0.4, 0.5) is 30.2 Å². The Balaban J connectivity index is 1.89. The molecule has 29 heavy (non-hydrogen) atoms. The van der Waals surface area contributed by atoms with Crippen molar-refractivity contribution in [1.82, 2.24) is 0 Å². The third-order valence-corrected chi connectivity index (χ3v) is 4.56. The van der Waals surface area contributed by atoms with Gasteiger partial charge >= 0.3 is 6.18 Å². The van der Waals surface area contributed by atoms with E-state index in [4.69, 9.17) is 4.74 Å². The van der Waals surface area contributed by atoms with Gasteiger partial charge in [-0.3, -0.25) is 4.79 Å². The molecule has 2 aromatic carbocycles. The predicted octanol–water partition coefficient (Wildman–Crippen LogP) is 4.87. The highest BCUT2D eigenvalue weighted by Crippen LogP contribution is 2.38. The minimum absolute atomic E-state index is 0.0277. The van der Waals surface area contributed by atoms with Crippen molar-refractivity contribution in [3.8, 4) is 0 Å². The fraction of sp³-hybridized carbons (Fsp3) is 0.286. The first-order valence-electron chi connectivity index (χ1n) is 9.05. The van der Waals surface area contributed by atoms with Crippen molar-refractivity contribution in [2.24, 2.45) is 0 Å². The number of hydrogen-bond donors (Lipinski definition) is 3. The number of alkyl halides is 3. The molecule has 0 aromatic heterocycles. The van der Waals surface area contributed by atoms with E-state index in [0.717, 1.165) is 17.2 Å². The van der Waals surface area contributed by atoms with Gasteiger partial charge in [0.2, 0.25) is 0 Å². The molecular weight excluding hydrogens is 383 g/mol. The number of fused-ring (bicyclic) bond motifs is 1. The Morgan fingerprint density at radius 1 is 1.24 bits per heavy atom. The number of aryl methyl sites for hydroxylation is 1. The Kier molecular flexibility index (Phi) is 5.83. The van der Waals surface area contributed by atoms with Gasteiger partial charge in [-0.25, -0.2) is 0 Å². The summed E-state index contributed by atoms with van der Waals surface area (Å²) in [5, 5.41) is 8.40. The lowest BCUT2D eigenvalue weighted by atomic mass is 10.0. The summed E-state index contributed by atoms with van der Waals surface area (Å²) in [6.07, 6.45) is -3.10. The average molecular weight is 405 g/mol.